The number of hydrogen-bond donors (Lipinski definition) is 0. The molecule has 2 aromatic rings. The second-order valence-electron chi connectivity index (χ2n) is 7.06. The number of hydrogen-bond acceptors (Lipinski definition) is 2. The maximum absolute atomic E-state index is 12.8. The standard InChI is InChI=1S/C22H26N2O2/c1-16(2)19-9-5-7-11-21(19)23(17(3)25)15-13-22(26)24-14-12-18-8-4-6-10-20(18)24/h4-11,16H,12-15H2,1-3H3. The van der Waals surface area contributed by atoms with Gasteiger partial charge in [0.1, 0.15) is 0 Å². The molecule has 26 heavy (non-hydrogen) atoms. The quantitative estimate of drug-likeness (QED) is 0.813. The summed E-state index contributed by atoms with van der Waals surface area (Å²) in [6.07, 6.45) is 1.22. The summed E-state index contributed by atoms with van der Waals surface area (Å²) in [6, 6.07) is 16.0. The van der Waals surface area contributed by atoms with Crippen molar-refractivity contribution in [3.63, 3.8) is 0 Å². The van der Waals surface area contributed by atoms with E-state index >= 15 is 0 Å². The Bertz CT molecular complexity index is 813. The average molecular weight is 350 g/mol. The number of amides is 2. The van der Waals surface area contributed by atoms with Crippen LogP contribution in [0.3, 0.4) is 0 Å². The lowest BCUT2D eigenvalue weighted by Gasteiger charge is -2.26. The summed E-state index contributed by atoms with van der Waals surface area (Å²) in [5, 5.41) is 0. The Morgan fingerprint density at radius 2 is 1.77 bits per heavy atom. The molecular formula is C22H26N2O2. The fraction of sp³-hybridized carbons (Fsp3) is 0.364. The molecule has 1 heterocycles. The van der Waals surface area contributed by atoms with Gasteiger partial charge in [-0.15, -0.1) is 0 Å². The summed E-state index contributed by atoms with van der Waals surface area (Å²) < 4.78 is 0. The van der Waals surface area contributed by atoms with Gasteiger partial charge in [-0.25, -0.2) is 0 Å². The van der Waals surface area contributed by atoms with Gasteiger partial charge in [-0.05, 0) is 35.6 Å². The predicted octanol–water partition coefficient (Wildman–Crippen LogP) is 4.14. The van der Waals surface area contributed by atoms with Gasteiger partial charge in [-0.3, -0.25) is 9.59 Å². The maximum Gasteiger partial charge on any atom is 0.228 e. The van der Waals surface area contributed by atoms with Crippen molar-refractivity contribution in [3.8, 4) is 0 Å². The van der Waals surface area contributed by atoms with Crippen LogP contribution in [0.4, 0.5) is 11.4 Å². The zero-order chi connectivity index (χ0) is 18.7. The fourth-order valence-electron chi connectivity index (χ4n) is 3.61. The minimum Gasteiger partial charge on any atom is -0.312 e. The van der Waals surface area contributed by atoms with Gasteiger partial charge in [-0.1, -0.05) is 50.2 Å². The topological polar surface area (TPSA) is 40.6 Å². The van der Waals surface area contributed by atoms with Crippen molar-refractivity contribution >= 4 is 23.2 Å². The highest BCUT2D eigenvalue weighted by molar-refractivity contribution is 5.97. The molecule has 0 aliphatic carbocycles. The number of carbonyl (C=O) groups excluding carboxylic acids is 2. The lowest BCUT2D eigenvalue weighted by atomic mass is 10.0. The normalized spacial score (nSPS) is 13.0. The second-order valence-corrected chi connectivity index (χ2v) is 7.06. The number of nitrogens with zero attached hydrogens (tertiary/aromatic N) is 2. The highest BCUT2D eigenvalue weighted by atomic mass is 16.2. The van der Waals surface area contributed by atoms with Gasteiger partial charge in [0.2, 0.25) is 11.8 Å². The Hall–Kier alpha value is -2.62. The molecule has 2 amide bonds. The molecule has 0 bridgehead atoms. The van der Waals surface area contributed by atoms with Gasteiger partial charge in [0, 0.05) is 37.8 Å². The smallest absolute Gasteiger partial charge is 0.228 e. The van der Waals surface area contributed by atoms with Crippen molar-refractivity contribution in [2.75, 3.05) is 22.9 Å². The van der Waals surface area contributed by atoms with Crippen molar-refractivity contribution in [2.45, 2.75) is 39.5 Å². The average Bonchev–Trinajstić information content (AvgIpc) is 3.06. The van der Waals surface area contributed by atoms with Crippen molar-refractivity contribution < 1.29 is 9.59 Å². The van der Waals surface area contributed by atoms with Crippen LogP contribution in [0.2, 0.25) is 0 Å². The summed E-state index contributed by atoms with van der Waals surface area (Å²) in [5.74, 6) is 0.352. The number of carbonyl (C=O) groups is 2. The molecule has 0 atom stereocenters. The molecule has 0 fully saturated rings. The van der Waals surface area contributed by atoms with Crippen LogP contribution in [0.25, 0.3) is 0 Å². The lowest BCUT2D eigenvalue weighted by molar-refractivity contribution is -0.118. The summed E-state index contributed by atoms with van der Waals surface area (Å²) in [5.41, 5.74) is 4.26. The number of para-hydroxylation sites is 2. The van der Waals surface area contributed by atoms with Crippen molar-refractivity contribution in [1.29, 1.82) is 0 Å². The Morgan fingerprint density at radius 3 is 2.50 bits per heavy atom. The van der Waals surface area contributed by atoms with Gasteiger partial charge in [0.25, 0.3) is 0 Å². The first-order chi connectivity index (χ1) is 12.5. The summed E-state index contributed by atoms with van der Waals surface area (Å²) in [6.45, 7) is 6.91. The van der Waals surface area contributed by atoms with E-state index in [9.17, 15) is 9.59 Å². The van der Waals surface area contributed by atoms with Crippen LogP contribution in [0.5, 0.6) is 0 Å². The minimum atomic E-state index is -0.0345. The first kappa shape index (κ1) is 18.2. The Labute approximate surface area is 155 Å². The second kappa shape index (κ2) is 7.73. The zero-order valence-electron chi connectivity index (χ0n) is 15.7. The summed E-state index contributed by atoms with van der Waals surface area (Å²) >= 11 is 0. The van der Waals surface area contributed by atoms with Gasteiger partial charge in [0.05, 0.1) is 0 Å². The van der Waals surface area contributed by atoms with Crippen molar-refractivity contribution in [3.05, 3.63) is 59.7 Å². The molecule has 0 aromatic heterocycles. The molecule has 0 saturated carbocycles. The summed E-state index contributed by atoms with van der Waals surface area (Å²) in [7, 11) is 0. The van der Waals surface area contributed by atoms with E-state index < -0.39 is 0 Å². The molecule has 1 aliphatic rings. The third-order valence-corrected chi connectivity index (χ3v) is 4.97. The van der Waals surface area contributed by atoms with Crippen molar-refractivity contribution in [2.24, 2.45) is 0 Å². The Kier molecular flexibility index (Phi) is 5.40. The maximum atomic E-state index is 12.8. The summed E-state index contributed by atoms with van der Waals surface area (Å²) in [4.78, 5) is 28.6. The molecule has 0 saturated heterocycles. The van der Waals surface area contributed by atoms with Crippen LogP contribution in [0.1, 0.15) is 44.2 Å². The molecule has 0 radical (unpaired) electrons. The number of rotatable bonds is 5. The van der Waals surface area contributed by atoms with Crippen LogP contribution >= 0.6 is 0 Å². The van der Waals surface area contributed by atoms with Gasteiger partial charge in [0.15, 0.2) is 0 Å². The molecule has 2 aromatic carbocycles. The van der Waals surface area contributed by atoms with E-state index in [1.54, 1.807) is 11.8 Å². The third-order valence-electron chi connectivity index (χ3n) is 4.97. The van der Waals surface area contributed by atoms with E-state index in [-0.39, 0.29) is 11.8 Å². The number of anilines is 2. The van der Waals surface area contributed by atoms with Crippen LogP contribution in [0.15, 0.2) is 48.5 Å². The molecule has 0 unspecified atom stereocenters. The SMILES string of the molecule is CC(=O)N(CCC(=O)N1CCc2ccccc21)c1ccccc1C(C)C. The molecule has 136 valence electrons. The van der Waals surface area contributed by atoms with Gasteiger partial charge in [-0.2, -0.15) is 0 Å². The Morgan fingerprint density at radius 1 is 1.08 bits per heavy atom. The monoisotopic (exact) mass is 350 g/mol. The molecular weight excluding hydrogens is 324 g/mol. The zero-order valence-corrected chi connectivity index (χ0v) is 15.7. The largest absolute Gasteiger partial charge is 0.312 e. The fourth-order valence-corrected chi connectivity index (χ4v) is 3.61. The molecule has 0 N–H and O–H groups in total. The van der Waals surface area contributed by atoms with E-state index in [0.29, 0.717) is 18.9 Å². The minimum absolute atomic E-state index is 0.0345. The first-order valence-electron chi connectivity index (χ1n) is 9.24. The third kappa shape index (κ3) is 3.64. The van der Waals surface area contributed by atoms with Gasteiger partial charge >= 0.3 is 0 Å². The van der Waals surface area contributed by atoms with Crippen LogP contribution in [0, 0.1) is 0 Å². The first-order valence-corrected chi connectivity index (χ1v) is 9.24. The highest BCUT2D eigenvalue weighted by Gasteiger charge is 2.25. The number of benzene rings is 2. The van der Waals surface area contributed by atoms with Gasteiger partial charge < -0.3 is 9.80 Å². The number of fused-ring (bicyclic) bond motifs is 1. The predicted molar refractivity (Wildman–Crippen MR) is 106 cm³/mol. The molecule has 4 heteroatoms. The van der Waals surface area contributed by atoms with E-state index in [0.717, 1.165) is 29.9 Å². The van der Waals surface area contributed by atoms with E-state index in [1.807, 2.05) is 41.3 Å². The Balaban J connectivity index is 1.75. The molecule has 3 rings (SSSR count). The van der Waals surface area contributed by atoms with Crippen LogP contribution in [-0.2, 0) is 16.0 Å². The van der Waals surface area contributed by atoms with Crippen LogP contribution in [-0.4, -0.2) is 24.9 Å². The molecule has 4 nitrogen and oxygen atoms in total. The van der Waals surface area contributed by atoms with Crippen molar-refractivity contribution in [1.82, 2.24) is 0 Å². The van der Waals surface area contributed by atoms with Crippen LogP contribution < -0.4 is 9.80 Å². The van der Waals surface area contributed by atoms with E-state index in [1.165, 1.54) is 5.56 Å². The molecule has 0 spiro atoms. The highest BCUT2D eigenvalue weighted by Crippen LogP contribution is 2.30. The molecule has 1 aliphatic heterocycles. The van der Waals surface area contributed by atoms with E-state index in [2.05, 4.69) is 26.0 Å². The lowest BCUT2D eigenvalue weighted by Crippen LogP contribution is -2.36. The van der Waals surface area contributed by atoms with E-state index in [4.69, 9.17) is 0 Å².